The smallest absolute Gasteiger partial charge is 0.288 e. The van der Waals surface area contributed by atoms with Gasteiger partial charge in [-0.2, -0.15) is 5.10 Å². The highest BCUT2D eigenvalue weighted by Gasteiger charge is 2.19. The molecule has 1 saturated carbocycles. The average molecular weight is 303 g/mol. The van der Waals surface area contributed by atoms with E-state index in [1.54, 1.807) is 6.92 Å². The van der Waals surface area contributed by atoms with Gasteiger partial charge in [-0.3, -0.25) is 14.9 Å². The third-order valence-electron chi connectivity index (χ3n) is 3.98. The van der Waals surface area contributed by atoms with Crippen molar-refractivity contribution in [3.8, 4) is 0 Å². The van der Waals surface area contributed by atoms with E-state index in [9.17, 15) is 14.9 Å². The van der Waals surface area contributed by atoms with Crippen LogP contribution in [0.2, 0.25) is 0 Å². The van der Waals surface area contributed by atoms with Crippen molar-refractivity contribution in [2.24, 2.45) is 0 Å². The van der Waals surface area contributed by atoms with Crippen LogP contribution in [0.1, 0.15) is 31.4 Å². The third-order valence-corrected chi connectivity index (χ3v) is 3.98. The number of amides is 1. The standard InChI is InChI=1S/C14H17N5O3/c1-9-12-6-11(19(21)22)7-15-14(12)18(17-9)8-13(20)16-10-4-2-3-5-10/h6-7,10H,2-5,8H2,1H3,(H,16,20). The van der Waals surface area contributed by atoms with Crippen molar-refractivity contribution in [1.82, 2.24) is 20.1 Å². The lowest BCUT2D eigenvalue weighted by molar-refractivity contribution is -0.385. The number of hydrogen-bond acceptors (Lipinski definition) is 5. The van der Waals surface area contributed by atoms with Gasteiger partial charge in [0, 0.05) is 17.5 Å². The van der Waals surface area contributed by atoms with E-state index in [2.05, 4.69) is 15.4 Å². The van der Waals surface area contributed by atoms with Crippen molar-refractivity contribution >= 4 is 22.6 Å². The molecule has 22 heavy (non-hydrogen) atoms. The minimum atomic E-state index is -0.490. The van der Waals surface area contributed by atoms with E-state index in [4.69, 9.17) is 0 Å². The number of carbonyl (C=O) groups is 1. The highest BCUT2D eigenvalue weighted by molar-refractivity contribution is 5.83. The molecule has 0 radical (unpaired) electrons. The van der Waals surface area contributed by atoms with Crippen LogP contribution in [0, 0.1) is 17.0 Å². The van der Waals surface area contributed by atoms with E-state index in [-0.39, 0.29) is 24.2 Å². The first-order valence-corrected chi connectivity index (χ1v) is 7.31. The summed E-state index contributed by atoms with van der Waals surface area (Å²) in [5, 5.41) is 18.7. The molecule has 2 aromatic rings. The molecule has 1 aliphatic rings. The minimum Gasteiger partial charge on any atom is -0.352 e. The van der Waals surface area contributed by atoms with Gasteiger partial charge in [0.05, 0.1) is 10.6 Å². The van der Waals surface area contributed by atoms with Gasteiger partial charge in [0.25, 0.3) is 5.69 Å². The summed E-state index contributed by atoms with van der Waals surface area (Å²) in [6.07, 6.45) is 5.54. The molecule has 0 bridgehead atoms. The van der Waals surface area contributed by atoms with Crippen LogP contribution in [-0.2, 0) is 11.3 Å². The maximum Gasteiger partial charge on any atom is 0.288 e. The van der Waals surface area contributed by atoms with Gasteiger partial charge in [0.15, 0.2) is 5.65 Å². The number of aromatic nitrogens is 3. The van der Waals surface area contributed by atoms with Crippen molar-refractivity contribution in [3.63, 3.8) is 0 Å². The fourth-order valence-electron chi connectivity index (χ4n) is 2.89. The van der Waals surface area contributed by atoms with Gasteiger partial charge in [-0.1, -0.05) is 12.8 Å². The number of pyridine rings is 1. The summed E-state index contributed by atoms with van der Waals surface area (Å²) < 4.78 is 1.50. The maximum atomic E-state index is 12.1. The van der Waals surface area contributed by atoms with Gasteiger partial charge in [-0.25, -0.2) is 9.67 Å². The Labute approximate surface area is 126 Å². The van der Waals surface area contributed by atoms with Gasteiger partial charge >= 0.3 is 0 Å². The van der Waals surface area contributed by atoms with Crippen LogP contribution in [0.3, 0.4) is 0 Å². The largest absolute Gasteiger partial charge is 0.352 e. The number of hydrogen-bond donors (Lipinski definition) is 1. The van der Waals surface area contributed by atoms with Gasteiger partial charge in [0.1, 0.15) is 12.7 Å². The number of aryl methyl sites for hydroxylation is 1. The molecule has 0 saturated heterocycles. The molecule has 8 nitrogen and oxygen atoms in total. The molecule has 116 valence electrons. The van der Waals surface area contributed by atoms with Crippen molar-refractivity contribution in [2.45, 2.75) is 45.2 Å². The number of nitro groups is 1. The normalized spacial score (nSPS) is 15.3. The number of carbonyl (C=O) groups excluding carboxylic acids is 1. The fourth-order valence-corrected chi connectivity index (χ4v) is 2.89. The van der Waals surface area contributed by atoms with Crippen molar-refractivity contribution in [2.75, 3.05) is 0 Å². The topological polar surface area (TPSA) is 103 Å². The third kappa shape index (κ3) is 2.76. The molecule has 1 amide bonds. The van der Waals surface area contributed by atoms with Crippen LogP contribution < -0.4 is 5.32 Å². The summed E-state index contributed by atoms with van der Waals surface area (Å²) >= 11 is 0. The molecule has 0 atom stereocenters. The van der Waals surface area contributed by atoms with Crippen molar-refractivity contribution in [1.29, 1.82) is 0 Å². The molecule has 2 aromatic heterocycles. The first kappa shape index (κ1) is 14.4. The summed E-state index contributed by atoms with van der Waals surface area (Å²) in [4.78, 5) is 26.5. The number of rotatable bonds is 4. The number of nitrogens with zero attached hydrogens (tertiary/aromatic N) is 4. The highest BCUT2D eigenvalue weighted by Crippen LogP contribution is 2.21. The van der Waals surface area contributed by atoms with Crippen LogP contribution in [0.4, 0.5) is 5.69 Å². The summed E-state index contributed by atoms with van der Waals surface area (Å²) in [7, 11) is 0. The predicted octanol–water partition coefficient (Wildman–Crippen LogP) is 1.71. The summed E-state index contributed by atoms with van der Waals surface area (Å²) in [6.45, 7) is 1.82. The van der Waals surface area contributed by atoms with E-state index in [0.717, 1.165) is 25.7 Å². The molecule has 8 heteroatoms. The Hall–Kier alpha value is -2.51. The quantitative estimate of drug-likeness (QED) is 0.684. The second kappa shape index (κ2) is 5.70. The Morgan fingerprint density at radius 2 is 2.23 bits per heavy atom. The van der Waals surface area contributed by atoms with Crippen LogP contribution in [-0.4, -0.2) is 31.6 Å². The van der Waals surface area contributed by atoms with Crippen LogP contribution >= 0.6 is 0 Å². The summed E-state index contributed by atoms with van der Waals surface area (Å²) in [5.41, 5.74) is 1.04. The molecular weight excluding hydrogens is 286 g/mol. The second-order valence-electron chi connectivity index (χ2n) is 5.61. The zero-order valence-corrected chi connectivity index (χ0v) is 12.3. The molecule has 0 unspecified atom stereocenters. The Kier molecular flexibility index (Phi) is 3.74. The van der Waals surface area contributed by atoms with E-state index in [1.165, 1.54) is 16.9 Å². The average Bonchev–Trinajstić information content (AvgIpc) is 3.08. The fraction of sp³-hybridized carbons (Fsp3) is 0.500. The molecule has 0 aliphatic heterocycles. The van der Waals surface area contributed by atoms with E-state index < -0.39 is 4.92 Å². The van der Waals surface area contributed by atoms with Gasteiger partial charge < -0.3 is 5.32 Å². The first-order chi connectivity index (χ1) is 10.5. The molecule has 3 rings (SSSR count). The minimum absolute atomic E-state index is 0.0751. The number of fused-ring (bicyclic) bond motifs is 1. The summed E-state index contributed by atoms with van der Waals surface area (Å²) in [6, 6.07) is 1.69. The predicted molar refractivity (Wildman–Crippen MR) is 79.3 cm³/mol. The lowest BCUT2D eigenvalue weighted by atomic mass is 10.2. The molecule has 0 spiro atoms. The van der Waals surface area contributed by atoms with E-state index >= 15 is 0 Å². The van der Waals surface area contributed by atoms with E-state index in [1.807, 2.05) is 0 Å². The number of nitrogens with one attached hydrogen (secondary N) is 1. The molecule has 1 fully saturated rings. The van der Waals surface area contributed by atoms with Gasteiger partial charge in [-0.05, 0) is 19.8 Å². The molecule has 1 N–H and O–H groups in total. The molecule has 1 aliphatic carbocycles. The summed E-state index contributed by atoms with van der Waals surface area (Å²) in [5.74, 6) is -0.101. The Morgan fingerprint density at radius 1 is 1.50 bits per heavy atom. The Bertz CT molecular complexity index is 733. The monoisotopic (exact) mass is 303 g/mol. The van der Waals surface area contributed by atoms with Crippen LogP contribution in [0.15, 0.2) is 12.3 Å². The zero-order valence-electron chi connectivity index (χ0n) is 12.3. The maximum absolute atomic E-state index is 12.1. The highest BCUT2D eigenvalue weighted by atomic mass is 16.6. The first-order valence-electron chi connectivity index (χ1n) is 7.31. The molecule has 0 aromatic carbocycles. The Morgan fingerprint density at radius 3 is 2.91 bits per heavy atom. The van der Waals surface area contributed by atoms with Gasteiger partial charge in [-0.15, -0.1) is 0 Å². The van der Waals surface area contributed by atoms with Crippen molar-refractivity contribution in [3.05, 3.63) is 28.1 Å². The Balaban J connectivity index is 1.81. The lowest BCUT2D eigenvalue weighted by Gasteiger charge is -2.11. The van der Waals surface area contributed by atoms with Crippen LogP contribution in [0.25, 0.3) is 11.0 Å². The zero-order chi connectivity index (χ0) is 15.7. The SMILES string of the molecule is Cc1nn(CC(=O)NC2CCCC2)c2ncc([N+](=O)[O-])cc12. The lowest BCUT2D eigenvalue weighted by Crippen LogP contribution is -2.35. The van der Waals surface area contributed by atoms with Crippen molar-refractivity contribution < 1.29 is 9.72 Å². The second-order valence-corrected chi connectivity index (χ2v) is 5.61. The van der Waals surface area contributed by atoms with Crippen LogP contribution in [0.5, 0.6) is 0 Å². The molecular formula is C14H17N5O3. The molecule has 2 heterocycles. The van der Waals surface area contributed by atoms with Gasteiger partial charge in [0.2, 0.25) is 5.91 Å². The van der Waals surface area contributed by atoms with E-state index in [0.29, 0.717) is 16.7 Å².